The summed E-state index contributed by atoms with van der Waals surface area (Å²) in [5.74, 6) is 1.29. The Kier molecular flexibility index (Phi) is 8.41. The van der Waals surface area contributed by atoms with Crippen LogP contribution in [-0.2, 0) is 11.3 Å². The minimum atomic E-state index is -0.0722. The van der Waals surface area contributed by atoms with Crippen molar-refractivity contribution in [3.05, 3.63) is 39.0 Å². The minimum absolute atomic E-state index is 0.0722. The van der Waals surface area contributed by atoms with E-state index in [0.29, 0.717) is 36.9 Å². The molecular weight excluding hydrogens is 416 g/mol. The lowest BCUT2D eigenvalue weighted by Crippen LogP contribution is -2.32. The topological polar surface area (TPSA) is 50.8 Å². The van der Waals surface area contributed by atoms with Gasteiger partial charge in [0.1, 0.15) is 11.5 Å². The van der Waals surface area contributed by atoms with Crippen molar-refractivity contribution in [3.63, 3.8) is 0 Å². The van der Waals surface area contributed by atoms with Crippen molar-refractivity contribution in [3.8, 4) is 11.5 Å². The number of rotatable bonds is 10. The maximum absolute atomic E-state index is 12.5. The normalized spacial score (nSPS) is 10.8. The number of thiophene rings is 1. The van der Waals surface area contributed by atoms with Gasteiger partial charge in [-0.1, -0.05) is 6.92 Å². The van der Waals surface area contributed by atoms with Gasteiger partial charge >= 0.3 is 0 Å². The summed E-state index contributed by atoms with van der Waals surface area (Å²) in [4.78, 5) is 15.9. The summed E-state index contributed by atoms with van der Waals surface area (Å²) < 4.78 is 12.2. The average Bonchev–Trinajstić information content (AvgIpc) is 3.02. The van der Waals surface area contributed by atoms with Crippen molar-refractivity contribution in [1.29, 1.82) is 0 Å². The van der Waals surface area contributed by atoms with Crippen molar-refractivity contribution >= 4 is 38.9 Å². The van der Waals surface area contributed by atoms with E-state index in [9.17, 15) is 4.79 Å². The van der Waals surface area contributed by atoms with Crippen LogP contribution in [0.2, 0.25) is 0 Å². The second-order valence-electron chi connectivity index (χ2n) is 5.58. The summed E-state index contributed by atoms with van der Waals surface area (Å²) in [7, 11) is 0. The molecule has 0 spiro atoms. The summed E-state index contributed by atoms with van der Waals surface area (Å²) in [6.45, 7) is 8.86. The molecule has 1 amide bonds. The molecule has 26 heavy (non-hydrogen) atoms. The van der Waals surface area contributed by atoms with Crippen LogP contribution in [0.1, 0.15) is 25.6 Å². The van der Waals surface area contributed by atoms with Crippen LogP contribution in [0.25, 0.3) is 0 Å². The van der Waals surface area contributed by atoms with Crippen molar-refractivity contribution in [2.75, 3.05) is 31.6 Å². The van der Waals surface area contributed by atoms with Gasteiger partial charge in [-0.05, 0) is 60.6 Å². The molecule has 0 fully saturated rings. The second kappa shape index (κ2) is 10.5. The Morgan fingerprint density at radius 1 is 1.15 bits per heavy atom. The van der Waals surface area contributed by atoms with Crippen LogP contribution < -0.4 is 14.8 Å². The maximum atomic E-state index is 12.5. The van der Waals surface area contributed by atoms with Gasteiger partial charge in [-0.25, -0.2) is 0 Å². The molecule has 0 radical (unpaired) electrons. The van der Waals surface area contributed by atoms with Crippen LogP contribution in [0.5, 0.6) is 11.5 Å². The molecule has 2 aromatic rings. The zero-order valence-electron chi connectivity index (χ0n) is 15.4. The van der Waals surface area contributed by atoms with Gasteiger partial charge in [0.25, 0.3) is 0 Å². The molecule has 7 heteroatoms. The van der Waals surface area contributed by atoms with Gasteiger partial charge in [0.15, 0.2) is 0 Å². The largest absolute Gasteiger partial charge is 0.494 e. The molecule has 0 saturated heterocycles. The SMILES string of the molecule is CCOc1ccc(OCC)c(NC(=O)CN(CC)Cc2ccc(Br)s2)c1. The number of ether oxygens (including phenoxy) is 2. The first-order chi connectivity index (χ1) is 12.5. The lowest BCUT2D eigenvalue weighted by Gasteiger charge is -2.20. The van der Waals surface area contributed by atoms with Gasteiger partial charge in [0.2, 0.25) is 5.91 Å². The lowest BCUT2D eigenvalue weighted by molar-refractivity contribution is -0.117. The Labute approximate surface area is 167 Å². The number of anilines is 1. The standard InChI is InChI=1S/C19H25BrN2O3S/c1-4-22(12-15-8-10-18(20)26-15)13-19(23)21-16-11-14(24-5-2)7-9-17(16)25-6-3/h7-11H,4-6,12-13H2,1-3H3,(H,21,23). The Morgan fingerprint density at radius 3 is 2.54 bits per heavy atom. The predicted octanol–water partition coefficient (Wildman–Crippen LogP) is 4.77. The maximum Gasteiger partial charge on any atom is 0.238 e. The van der Waals surface area contributed by atoms with Gasteiger partial charge in [-0.3, -0.25) is 9.69 Å². The van der Waals surface area contributed by atoms with Crippen LogP contribution in [0, 0.1) is 0 Å². The third-order valence-electron chi connectivity index (χ3n) is 3.66. The number of likely N-dealkylation sites (N-methyl/N-ethyl adjacent to an activating group) is 1. The van der Waals surface area contributed by atoms with E-state index in [1.165, 1.54) is 4.88 Å². The summed E-state index contributed by atoms with van der Waals surface area (Å²) >= 11 is 5.16. The van der Waals surface area contributed by atoms with Gasteiger partial charge < -0.3 is 14.8 Å². The van der Waals surface area contributed by atoms with E-state index >= 15 is 0 Å². The van der Waals surface area contributed by atoms with E-state index < -0.39 is 0 Å². The van der Waals surface area contributed by atoms with Crippen molar-refractivity contribution < 1.29 is 14.3 Å². The molecule has 0 saturated carbocycles. The predicted molar refractivity (Wildman–Crippen MR) is 110 cm³/mol. The van der Waals surface area contributed by atoms with E-state index in [1.54, 1.807) is 17.4 Å². The van der Waals surface area contributed by atoms with Gasteiger partial charge in [-0.2, -0.15) is 0 Å². The summed E-state index contributed by atoms with van der Waals surface area (Å²) in [6, 6.07) is 9.58. The highest BCUT2D eigenvalue weighted by Gasteiger charge is 2.14. The van der Waals surface area contributed by atoms with E-state index in [-0.39, 0.29) is 5.91 Å². The molecule has 1 heterocycles. The number of carbonyl (C=O) groups is 1. The van der Waals surface area contributed by atoms with Gasteiger partial charge in [0.05, 0.1) is 29.2 Å². The lowest BCUT2D eigenvalue weighted by atomic mass is 10.2. The van der Waals surface area contributed by atoms with Gasteiger partial charge in [-0.15, -0.1) is 11.3 Å². The molecule has 2 rings (SSSR count). The van der Waals surface area contributed by atoms with Crippen molar-refractivity contribution in [2.45, 2.75) is 27.3 Å². The van der Waals surface area contributed by atoms with Crippen molar-refractivity contribution in [2.24, 2.45) is 0 Å². The van der Waals surface area contributed by atoms with Crippen LogP contribution in [0.4, 0.5) is 5.69 Å². The molecule has 0 atom stereocenters. The first kappa shape index (κ1) is 20.7. The first-order valence-electron chi connectivity index (χ1n) is 8.71. The van der Waals surface area contributed by atoms with Crippen LogP contribution >= 0.6 is 27.3 Å². The Hall–Kier alpha value is -1.57. The number of hydrogen-bond acceptors (Lipinski definition) is 5. The fraction of sp³-hybridized carbons (Fsp3) is 0.421. The first-order valence-corrected chi connectivity index (χ1v) is 10.3. The van der Waals surface area contributed by atoms with E-state index in [0.717, 1.165) is 16.9 Å². The zero-order valence-corrected chi connectivity index (χ0v) is 17.8. The van der Waals surface area contributed by atoms with E-state index in [1.807, 2.05) is 32.0 Å². The molecule has 0 aliphatic carbocycles. The molecule has 0 unspecified atom stereocenters. The Morgan fingerprint density at radius 2 is 1.92 bits per heavy atom. The number of nitrogens with one attached hydrogen (secondary N) is 1. The molecule has 0 bridgehead atoms. The van der Waals surface area contributed by atoms with Crippen molar-refractivity contribution in [1.82, 2.24) is 4.90 Å². The number of carbonyl (C=O) groups excluding carboxylic acids is 1. The molecule has 1 aromatic carbocycles. The van der Waals surface area contributed by atoms with Crippen LogP contribution in [0.3, 0.4) is 0 Å². The highest BCUT2D eigenvalue weighted by molar-refractivity contribution is 9.11. The number of halogens is 1. The third kappa shape index (κ3) is 6.30. The van der Waals surface area contributed by atoms with E-state index in [4.69, 9.17) is 9.47 Å². The summed E-state index contributed by atoms with van der Waals surface area (Å²) in [5, 5.41) is 2.96. The highest BCUT2D eigenvalue weighted by Crippen LogP contribution is 2.29. The Bertz CT molecular complexity index is 721. The molecular formula is C19H25BrN2O3S. The fourth-order valence-electron chi connectivity index (χ4n) is 2.47. The smallest absolute Gasteiger partial charge is 0.238 e. The number of benzene rings is 1. The number of hydrogen-bond donors (Lipinski definition) is 1. The number of nitrogens with zero attached hydrogens (tertiary/aromatic N) is 1. The van der Waals surface area contributed by atoms with Gasteiger partial charge in [0, 0.05) is 17.5 Å². The third-order valence-corrected chi connectivity index (χ3v) is 5.27. The Balaban J connectivity index is 2.03. The molecule has 5 nitrogen and oxygen atoms in total. The zero-order chi connectivity index (χ0) is 18.9. The minimum Gasteiger partial charge on any atom is -0.494 e. The second-order valence-corrected chi connectivity index (χ2v) is 8.13. The molecule has 142 valence electrons. The molecule has 0 aliphatic heterocycles. The summed E-state index contributed by atoms with van der Waals surface area (Å²) in [6.07, 6.45) is 0. The highest BCUT2D eigenvalue weighted by atomic mass is 79.9. The monoisotopic (exact) mass is 440 g/mol. The number of amides is 1. The molecule has 0 aliphatic rings. The average molecular weight is 441 g/mol. The van der Waals surface area contributed by atoms with E-state index in [2.05, 4.69) is 39.1 Å². The van der Waals surface area contributed by atoms with Crippen LogP contribution in [0.15, 0.2) is 34.1 Å². The summed E-state index contributed by atoms with van der Waals surface area (Å²) in [5.41, 5.74) is 0.637. The fourth-order valence-corrected chi connectivity index (χ4v) is 4.00. The quantitative estimate of drug-likeness (QED) is 0.577. The molecule has 1 N–H and O–H groups in total. The molecule has 1 aromatic heterocycles. The van der Waals surface area contributed by atoms with Crippen LogP contribution in [-0.4, -0.2) is 37.1 Å².